The summed E-state index contributed by atoms with van der Waals surface area (Å²) in [5.74, 6) is -1.81. The number of hydrogen-bond acceptors (Lipinski definition) is 4. The van der Waals surface area contributed by atoms with Gasteiger partial charge in [-0.15, -0.1) is 0 Å². The van der Waals surface area contributed by atoms with Crippen LogP contribution in [0.5, 0.6) is 5.75 Å². The van der Waals surface area contributed by atoms with Crippen molar-refractivity contribution < 1.29 is 19.1 Å². The van der Waals surface area contributed by atoms with Gasteiger partial charge in [0.15, 0.2) is 0 Å². The Morgan fingerprint density at radius 2 is 1.47 bits per heavy atom. The van der Waals surface area contributed by atoms with Gasteiger partial charge in [0.05, 0.1) is 29.5 Å². The molecule has 2 amide bonds. The summed E-state index contributed by atoms with van der Waals surface area (Å²) < 4.78 is 5.73. The molecule has 0 N–H and O–H groups in total. The van der Waals surface area contributed by atoms with Crippen molar-refractivity contribution in [1.29, 1.82) is 0 Å². The molecule has 0 radical (unpaired) electrons. The molecule has 3 aliphatic carbocycles. The maximum absolute atomic E-state index is 14.0. The Kier molecular flexibility index (Phi) is 3.94. The smallest absolute Gasteiger partial charge is 0.239 e. The molecule has 5 nitrogen and oxygen atoms in total. The highest BCUT2D eigenvalue weighted by Gasteiger charge is 2.68. The standard InChI is InChI=1S/C27H21NO4/c1-2-32-21-14-8-7-13-20(21)28-25(30)23-22-16-9-3-5-11-18(16)27(15-29,24(23)26(28)31)19-12-6-4-10-17(19)22/h3-15,22-24H,2H2,1H3/t22?,23-,24+,27?/m1/s1. The first-order chi connectivity index (χ1) is 15.6. The molecule has 0 saturated carbocycles. The van der Waals surface area contributed by atoms with Gasteiger partial charge in [-0.3, -0.25) is 9.59 Å². The van der Waals surface area contributed by atoms with Crippen LogP contribution in [0, 0.1) is 11.8 Å². The van der Waals surface area contributed by atoms with Crippen molar-refractivity contribution in [3.63, 3.8) is 0 Å². The van der Waals surface area contributed by atoms with E-state index >= 15 is 0 Å². The van der Waals surface area contributed by atoms with Crippen molar-refractivity contribution in [1.82, 2.24) is 0 Å². The van der Waals surface area contributed by atoms with Gasteiger partial charge in [0.1, 0.15) is 12.0 Å². The van der Waals surface area contributed by atoms with Gasteiger partial charge < -0.3 is 9.53 Å². The molecule has 32 heavy (non-hydrogen) atoms. The molecular formula is C27H21NO4. The summed E-state index contributed by atoms with van der Waals surface area (Å²) in [5, 5.41) is 0. The minimum atomic E-state index is -1.19. The van der Waals surface area contributed by atoms with E-state index in [4.69, 9.17) is 4.74 Å². The lowest BCUT2D eigenvalue weighted by Gasteiger charge is -2.51. The number of imide groups is 1. The maximum Gasteiger partial charge on any atom is 0.239 e. The summed E-state index contributed by atoms with van der Waals surface area (Å²) in [4.78, 5) is 42.1. The van der Waals surface area contributed by atoms with Crippen LogP contribution >= 0.6 is 0 Å². The van der Waals surface area contributed by atoms with Crippen molar-refractivity contribution in [2.45, 2.75) is 18.3 Å². The van der Waals surface area contributed by atoms with Gasteiger partial charge in [-0.2, -0.15) is 0 Å². The van der Waals surface area contributed by atoms with Crippen LogP contribution < -0.4 is 9.64 Å². The van der Waals surface area contributed by atoms with Crippen LogP contribution in [0.4, 0.5) is 5.69 Å². The number of carbonyl (C=O) groups excluding carboxylic acids is 3. The van der Waals surface area contributed by atoms with Crippen LogP contribution in [-0.4, -0.2) is 24.7 Å². The summed E-state index contributed by atoms with van der Waals surface area (Å²) in [6.45, 7) is 2.27. The molecule has 1 saturated heterocycles. The zero-order valence-electron chi connectivity index (χ0n) is 17.5. The molecule has 4 aliphatic rings. The van der Waals surface area contributed by atoms with E-state index in [9.17, 15) is 14.4 Å². The fraction of sp³-hybridized carbons (Fsp3) is 0.222. The summed E-state index contributed by atoms with van der Waals surface area (Å²) in [6, 6.07) is 22.6. The van der Waals surface area contributed by atoms with E-state index < -0.39 is 17.3 Å². The maximum atomic E-state index is 14.0. The molecule has 7 rings (SSSR count). The Morgan fingerprint density at radius 1 is 0.875 bits per heavy atom. The molecule has 0 unspecified atom stereocenters. The minimum absolute atomic E-state index is 0.269. The van der Waals surface area contributed by atoms with Crippen molar-refractivity contribution in [2.24, 2.45) is 11.8 Å². The fourth-order valence-electron chi connectivity index (χ4n) is 6.19. The predicted octanol–water partition coefficient (Wildman–Crippen LogP) is 3.84. The van der Waals surface area contributed by atoms with Gasteiger partial charge in [-0.25, -0.2) is 4.90 Å². The average molecular weight is 423 g/mol. The van der Waals surface area contributed by atoms with Gasteiger partial charge in [0.25, 0.3) is 0 Å². The molecule has 158 valence electrons. The van der Waals surface area contributed by atoms with Gasteiger partial charge in [-0.05, 0) is 41.3 Å². The summed E-state index contributed by atoms with van der Waals surface area (Å²) in [6.07, 6.45) is 0.890. The van der Waals surface area contributed by atoms with E-state index in [1.807, 2.05) is 61.5 Å². The summed E-state index contributed by atoms with van der Waals surface area (Å²) >= 11 is 0. The quantitative estimate of drug-likeness (QED) is 0.473. The molecule has 2 atom stereocenters. The lowest BCUT2D eigenvalue weighted by atomic mass is 9.48. The second-order valence-corrected chi connectivity index (χ2v) is 8.56. The van der Waals surface area contributed by atoms with Gasteiger partial charge >= 0.3 is 0 Å². The zero-order chi connectivity index (χ0) is 22.0. The number of hydrogen-bond donors (Lipinski definition) is 0. The summed E-state index contributed by atoms with van der Waals surface area (Å²) in [7, 11) is 0. The molecule has 1 aliphatic heterocycles. The van der Waals surface area contributed by atoms with Crippen molar-refractivity contribution in [3.05, 3.63) is 95.1 Å². The highest BCUT2D eigenvalue weighted by molar-refractivity contribution is 6.25. The first kappa shape index (κ1) is 19.0. The Balaban J connectivity index is 1.62. The SMILES string of the molecule is CCOc1ccccc1N1C(=O)[C@@H]2C3c4ccccc4C(C=O)(c4ccccc43)[C@@H]2C1=O. The van der Waals surface area contributed by atoms with E-state index in [1.165, 1.54) is 4.90 Å². The number of nitrogens with zero attached hydrogens (tertiary/aromatic N) is 1. The zero-order valence-corrected chi connectivity index (χ0v) is 17.5. The number of aldehydes is 1. The Morgan fingerprint density at radius 3 is 2.09 bits per heavy atom. The van der Waals surface area contributed by atoms with E-state index in [1.54, 1.807) is 18.2 Å². The van der Waals surface area contributed by atoms with E-state index in [0.717, 1.165) is 28.5 Å². The minimum Gasteiger partial charge on any atom is -0.492 e. The molecule has 0 aromatic heterocycles. The molecule has 0 spiro atoms. The van der Waals surface area contributed by atoms with Crippen molar-refractivity contribution >= 4 is 23.8 Å². The lowest BCUT2D eigenvalue weighted by molar-refractivity contribution is -0.128. The van der Waals surface area contributed by atoms with Crippen LogP contribution in [0.1, 0.15) is 35.1 Å². The van der Waals surface area contributed by atoms with E-state index in [-0.39, 0.29) is 17.7 Å². The monoisotopic (exact) mass is 423 g/mol. The Bertz CT molecular complexity index is 1250. The second kappa shape index (κ2) is 6.63. The highest BCUT2D eigenvalue weighted by Crippen LogP contribution is 2.63. The third kappa shape index (κ3) is 2.11. The molecule has 3 aromatic carbocycles. The average Bonchev–Trinajstić information content (AvgIpc) is 3.10. The van der Waals surface area contributed by atoms with Gasteiger partial charge in [0.2, 0.25) is 11.8 Å². The largest absolute Gasteiger partial charge is 0.492 e. The van der Waals surface area contributed by atoms with Crippen LogP contribution in [0.2, 0.25) is 0 Å². The van der Waals surface area contributed by atoms with Crippen molar-refractivity contribution in [2.75, 3.05) is 11.5 Å². The van der Waals surface area contributed by atoms with Crippen LogP contribution in [-0.2, 0) is 19.8 Å². The van der Waals surface area contributed by atoms with Crippen LogP contribution in [0.25, 0.3) is 0 Å². The lowest BCUT2D eigenvalue weighted by Crippen LogP contribution is -2.54. The van der Waals surface area contributed by atoms with Crippen LogP contribution in [0.15, 0.2) is 72.8 Å². The highest BCUT2D eigenvalue weighted by atomic mass is 16.5. The number of rotatable bonds is 4. The number of carbonyl (C=O) groups is 3. The number of para-hydroxylation sites is 2. The number of ether oxygens (including phenoxy) is 1. The van der Waals surface area contributed by atoms with Gasteiger partial charge in [-0.1, -0.05) is 60.7 Å². The van der Waals surface area contributed by atoms with Crippen LogP contribution in [0.3, 0.4) is 0 Å². The molecule has 1 fully saturated rings. The topological polar surface area (TPSA) is 63.7 Å². The first-order valence-corrected chi connectivity index (χ1v) is 10.9. The van der Waals surface area contributed by atoms with E-state index in [0.29, 0.717) is 18.0 Å². The second-order valence-electron chi connectivity index (χ2n) is 8.56. The molecule has 1 heterocycles. The number of anilines is 1. The number of benzene rings is 3. The third-order valence-electron chi connectivity index (χ3n) is 7.28. The first-order valence-electron chi connectivity index (χ1n) is 10.9. The Hall–Kier alpha value is -3.73. The molecule has 3 aromatic rings. The fourth-order valence-corrected chi connectivity index (χ4v) is 6.19. The van der Waals surface area contributed by atoms with Gasteiger partial charge in [0, 0.05) is 5.92 Å². The normalized spacial score (nSPS) is 27.0. The number of amides is 2. The summed E-state index contributed by atoms with van der Waals surface area (Å²) in [5.41, 5.74) is 2.84. The van der Waals surface area contributed by atoms with Crippen molar-refractivity contribution in [3.8, 4) is 5.75 Å². The third-order valence-corrected chi connectivity index (χ3v) is 7.28. The van der Waals surface area contributed by atoms with E-state index in [2.05, 4.69) is 0 Å². The Labute approximate surface area is 185 Å². The molecular weight excluding hydrogens is 402 g/mol. The molecule has 5 heteroatoms. The predicted molar refractivity (Wildman–Crippen MR) is 119 cm³/mol. The molecule has 2 bridgehead atoms.